The summed E-state index contributed by atoms with van der Waals surface area (Å²) in [5.74, 6) is 2.88. The van der Waals surface area contributed by atoms with Gasteiger partial charge in [-0.1, -0.05) is 50.4 Å². The van der Waals surface area contributed by atoms with E-state index in [-0.39, 0.29) is 0 Å². The predicted octanol–water partition coefficient (Wildman–Crippen LogP) is 5.24. The van der Waals surface area contributed by atoms with E-state index < -0.39 is 0 Å². The number of halogens is 1. The van der Waals surface area contributed by atoms with E-state index >= 15 is 0 Å². The number of hydrogen-bond acceptors (Lipinski definition) is 2. The van der Waals surface area contributed by atoms with E-state index in [4.69, 9.17) is 11.6 Å². The number of nitrogens with one attached hydrogen (secondary N) is 1. The van der Waals surface area contributed by atoms with Gasteiger partial charge in [-0.05, 0) is 43.4 Å². The van der Waals surface area contributed by atoms with Crippen LogP contribution >= 0.6 is 23.4 Å². The van der Waals surface area contributed by atoms with E-state index in [2.05, 4.69) is 31.3 Å². The Bertz CT molecular complexity index is 402. The second-order valence-corrected chi connectivity index (χ2v) is 7.39. The molecule has 1 N–H and O–H groups in total. The summed E-state index contributed by atoms with van der Waals surface area (Å²) in [5.41, 5.74) is 0. The van der Waals surface area contributed by atoms with Crippen LogP contribution in [0.15, 0.2) is 29.2 Å². The summed E-state index contributed by atoms with van der Waals surface area (Å²) >= 11 is 8.14. The molecule has 1 aliphatic carbocycles. The van der Waals surface area contributed by atoms with Gasteiger partial charge in [-0.3, -0.25) is 0 Å². The zero-order valence-corrected chi connectivity index (χ0v) is 14.1. The summed E-state index contributed by atoms with van der Waals surface area (Å²) in [7, 11) is 0. The highest BCUT2D eigenvalue weighted by Gasteiger charge is 2.25. The third kappa shape index (κ3) is 4.68. The smallest absolute Gasteiger partial charge is 0.0541 e. The van der Waals surface area contributed by atoms with Gasteiger partial charge in [-0.2, -0.15) is 0 Å². The monoisotopic (exact) mass is 311 g/mol. The molecule has 1 nitrogen and oxygen atoms in total. The van der Waals surface area contributed by atoms with Crippen LogP contribution < -0.4 is 5.32 Å². The molecule has 0 aliphatic heterocycles. The van der Waals surface area contributed by atoms with E-state index in [1.165, 1.54) is 30.6 Å². The molecule has 0 aromatic heterocycles. The second-order valence-electron chi connectivity index (χ2n) is 5.93. The molecule has 1 saturated carbocycles. The van der Waals surface area contributed by atoms with Crippen molar-refractivity contribution in [2.75, 3.05) is 12.3 Å². The third-order valence-electron chi connectivity index (χ3n) is 4.35. The summed E-state index contributed by atoms with van der Waals surface area (Å²) in [5, 5.41) is 4.57. The van der Waals surface area contributed by atoms with E-state index in [1.54, 1.807) is 0 Å². The SMILES string of the molecule is CCNC(CSc1ccccc1Cl)C1CCC(C)CC1. The van der Waals surface area contributed by atoms with Crippen molar-refractivity contribution in [3.05, 3.63) is 29.3 Å². The van der Waals surface area contributed by atoms with Crippen LogP contribution in [0.25, 0.3) is 0 Å². The zero-order chi connectivity index (χ0) is 14.4. The molecule has 0 saturated heterocycles. The molecule has 1 atom stereocenters. The van der Waals surface area contributed by atoms with Crippen LogP contribution in [-0.2, 0) is 0 Å². The standard InChI is InChI=1S/C17H26ClNS/c1-3-19-16(14-10-8-13(2)9-11-14)12-20-17-7-5-4-6-15(17)18/h4-7,13-14,16,19H,3,8-12H2,1-2H3. The lowest BCUT2D eigenvalue weighted by atomic mass is 9.79. The molecular formula is C17H26ClNS. The van der Waals surface area contributed by atoms with Crippen molar-refractivity contribution in [2.45, 2.75) is 50.5 Å². The lowest BCUT2D eigenvalue weighted by Gasteiger charge is -2.33. The molecule has 2 rings (SSSR count). The number of rotatable bonds is 6. The average Bonchev–Trinajstić information content (AvgIpc) is 2.46. The summed E-state index contributed by atoms with van der Waals surface area (Å²) < 4.78 is 0. The van der Waals surface area contributed by atoms with Gasteiger partial charge in [0, 0.05) is 16.7 Å². The number of thioether (sulfide) groups is 1. The van der Waals surface area contributed by atoms with E-state index in [0.717, 1.165) is 29.2 Å². The molecule has 3 heteroatoms. The Kier molecular flexibility index (Phi) is 6.73. The molecule has 1 fully saturated rings. The molecule has 0 radical (unpaired) electrons. The average molecular weight is 312 g/mol. The van der Waals surface area contributed by atoms with Crippen LogP contribution in [0.5, 0.6) is 0 Å². The fourth-order valence-corrected chi connectivity index (χ4v) is 4.48. The molecule has 20 heavy (non-hydrogen) atoms. The van der Waals surface area contributed by atoms with Gasteiger partial charge in [-0.15, -0.1) is 11.8 Å². The van der Waals surface area contributed by atoms with Gasteiger partial charge in [0.2, 0.25) is 0 Å². The quantitative estimate of drug-likeness (QED) is 0.721. The maximum Gasteiger partial charge on any atom is 0.0541 e. The van der Waals surface area contributed by atoms with Crippen LogP contribution in [0.3, 0.4) is 0 Å². The molecule has 1 aromatic carbocycles. The highest BCUT2D eigenvalue weighted by atomic mass is 35.5. The van der Waals surface area contributed by atoms with Gasteiger partial charge in [-0.25, -0.2) is 0 Å². The van der Waals surface area contributed by atoms with Gasteiger partial charge in [0.05, 0.1) is 5.02 Å². The molecular weight excluding hydrogens is 286 g/mol. The topological polar surface area (TPSA) is 12.0 Å². The minimum absolute atomic E-state index is 0.619. The van der Waals surface area contributed by atoms with Crippen LogP contribution in [0.1, 0.15) is 39.5 Å². The molecule has 0 spiro atoms. The van der Waals surface area contributed by atoms with E-state index in [1.807, 2.05) is 23.9 Å². The van der Waals surface area contributed by atoms with Crippen LogP contribution in [-0.4, -0.2) is 18.3 Å². The first-order chi connectivity index (χ1) is 9.70. The van der Waals surface area contributed by atoms with Gasteiger partial charge in [0.25, 0.3) is 0 Å². The lowest BCUT2D eigenvalue weighted by Crippen LogP contribution is -2.39. The predicted molar refractivity (Wildman–Crippen MR) is 90.8 cm³/mol. The maximum atomic E-state index is 6.25. The van der Waals surface area contributed by atoms with Gasteiger partial charge < -0.3 is 5.32 Å². The Balaban J connectivity index is 1.90. The minimum Gasteiger partial charge on any atom is -0.313 e. The first-order valence-corrected chi connectivity index (χ1v) is 9.17. The summed E-state index contributed by atoms with van der Waals surface area (Å²) in [4.78, 5) is 1.21. The first-order valence-electron chi connectivity index (χ1n) is 7.81. The summed E-state index contributed by atoms with van der Waals surface area (Å²) in [6, 6.07) is 8.79. The van der Waals surface area contributed by atoms with Crippen molar-refractivity contribution in [3.8, 4) is 0 Å². The second kappa shape index (κ2) is 8.31. The van der Waals surface area contributed by atoms with Gasteiger partial charge in [0.15, 0.2) is 0 Å². The highest BCUT2D eigenvalue weighted by molar-refractivity contribution is 7.99. The normalized spacial score (nSPS) is 24.6. The number of hydrogen-bond donors (Lipinski definition) is 1. The van der Waals surface area contributed by atoms with Crippen LogP contribution in [0.2, 0.25) is 5.02 Å². The van der Waals surface area contributed by atoms with Gasteiger partial charge >= 0.3 is 0 Å². The van der Waals surface area contributed by atoms with Crippen molar-refractivity contribution < 1.29 is 0 Å². The Morgan fingerprint density at radius 2 is 1.95 bits per heavy atom. The molecule has 0 heterocycles. The fraction of sp³-hybridized carbons (Fsp3) is 0.647. The summed E-state index contributed by atoms with van der Waals surface area (Å²) in [6.45, 7) is 5.65. The molecule has 0 bridgehead atoms. The largest absolute Gasteiger partial charge is 0.313 e. The third-order valence-corrected chi connectivity index (χ3v) is 5.99. The maximum absolute atomic E-state index is 6.25. The van der Waals surface area contributed by atoms with Crippen molar-refractivity contribution in [1.82, 2.24) is 5.32 Å². The molecule has 112 valence electrons. The zero-order valence-electron chi connectivity index (χ0n) is 12.6. The summed E-state index contributed by atoms with van der Waals surface area (Å²) in [6.07, 6.45) is 5.54. The Hall–Kier alpha value is -0.180. The Morgan fingerprint density at radius 1 is 1.25 bits per heavy atom. The van der Waals surface area contributed by atoms with E-state index in [0.29, 0.717) is 6.04 Å². The van der Waals surface area contributed by atoms with Crippen molar-refractivity contribution in [1.29, 1.82) is 0 Å². The Labute approximate surface area is 132 Å². The molecule has 1 unspecified atom stereocenters. The van der Waals surface area contributed by atoms with Crippen molar-refractivity contribution in [3.63, 3.8) is 0 Å². The minimum atomic E-state index is 0.619. The van der Waals surface area contributed by atoms with Gasteiger partial charge in [0.1, 0.15) is 0 Å². The van der Waals surface area contributed by atoms with Crippen molar-refractivity contribution in [2.24, 2.45) is 11.8 Å². The Morgan fingerprint density at radius 3 is 2.60 bits per heavy atom. The van der Waals surface area contributed by atoms with Crippen LogP contribution in [0, 0.1) is 11.8 Å². The molecule has 1 aromatic rings. The van der Waals surface area contributed by atoms with E-state index in [9.17, 15) is 0 Å². The number of benzene rings is 1. The first kappa shape index (κ1) is 16.2. The molecule has 1 aliphatic rings. The van der Waals surface area contributed by atoms with Crippen molar-refractivity contribution >= 4 is 23.4 Å². The fourth-order valence-electron chi connectivity index (χ4n) is 3.05. The molecule has 0 amide bonds. The highest BCUT2D eigenvalue weighted by Crippen LogP contribution is 2.34. The lowest BCUT2D eigenvalue weighted by molar-refractivity contribution is 0.243. The van der Waals surface area contributed by atoms with Crippen LogP contribution in [0.4, 0.5) is 0 Å².